The molecule has 0 saturated carbocycles. The summed E-state index contributed by atoms with van der Waals surface area (Å²) < 4.78 is 0. The van der Waals surface area contributed by atoms with Crippen LogP contribution in [0.4, 0.5) is 5.69 Å². The standard InChI is InChI=1S/C14H17N3O2S/c1-9-4-6-10(7-5-9)16-12(18)8-11-13(19)17(3)14(15-2)20-11/h4-7,11H,8H2,1-3H3,(H,16,18). The van der Waals surface area contributed by atoms with Crippen molar-refractivity contribution < 1.29 is 9.59 Å². The Kier molecular flexibility index (Phi) is 4.44. The normalized spacial score (nSPS) is 20.6. The number of nitrogens with one attached hydrogen (secondary N) is 1. The van der Waals surface area contributed by atoms with Crippen LogP contribution in [0.15, 0.2) is 29.3 Å². The van der Waals surface area contributed by atoms with E-state index in [0.29, 0.717) is 5.17 Å². The number of hydrogen-bond donors (Lipinski definition) is 1. The number of nitrogens with zero attached hydrogens (tertiary/aromatic N) is 2. The lowest BCUT2D eigenvalue weighted by Gasteiger charge is -2.09. The van der Waals surface area contributed by atoms with Crippen molar-refractivity contribution in [1.29, 1.82) is 0 Å². The number of aliphatic imine (C=N–C) groups is 1. The minimum atomic E-state index is -0.385. The number of carbonyl (C=O) groups excluding carboxylic acids is 2. The van der Waals surface area contributed by atoms with Gasteiger partial charge in [-0.2, -0.15) is 0 Å². The van der Waals surface area contributed by atoms with Gasteiger partial charge in [-0.25, -0.2) is 0 Å². The van der Waals surface area contributed by atoms with Gasteiger partial charge in [0.25, 0.3) is 0 Å². The average molecular weight is 291 g/mol. The molecular formula is C14H17N3O2S. The van der Waals surface area contributed by atoms with Crippen LogP contribution < -0.4 is 5.32 Å². The molecule has 2 rings (SSSR count). The minimum absolute atomic E-state index is 0.0744. The van der Waals surface area contributed by atoms with E-state index in [9.17, 15) is 9.59 Å². The van der Waals surface area contributed by atoms with Crippen molar-refractivity contribution in [2.24, 2.45) is 4.99 Å². The fraction of sp³-hybridized carbons (Fsp3) is 0.357. The van der Waals surface area contributed by atoms with Gasteiger partial charge in [0.15, 0.2) is 5.17 Å². The number of aryl methyl sites for hydroxylation is 1. The number of amides is 2. The van der Waals surface area contributed by atoms with Gasteiger partial charge in [0, 0.05) is 26.2 Å². The quantitative estimate of drug-likeness (QED) is 0.925. The molecule has 0 spiro atoms. The van der Waals surface area contributed by atoms with Crippen LogP contribution in [-0.4, -0.2) is 41.2 Å². The van der Waals surface area contributed by atoms with E-state index in [4.69, 9.17) is 0 Å². The molecule has 20 heavy (non-hydrogen) atoms. The lowest BCUT2D eigenvalue weighted by atomic mass is 10.2. The van der Waals surface area contributed by atoms with Crippen LogP contribution >= 0.6 is 11.8 Å². The summed E-state index contributed by atoms with van der Waals surface area (Å²) in [6, 6.07) is 7.56. The van der Waals surface area contributed by atoms with Crippen molar-refractivity contribution in [3.05, 3.63) is 29.8 Å². The van der Waals surface area contributed by atoms with E-state index in [1.54, 1.807) is 14.1 Å². The molecule has 1 N–H and O–H groups in total. The van der Waals surface area contributed by atoms with Crippen LogP contribution in [0.3, 0.4) is 0 Å². The first kappa shape index (κ1) is 14.6. The van der Waals surface area contributed by atoms with E-state index < -0.39 is 0 Å². The van der Waals surface area contributed by atoms with Gasteiger partial charge in [0.2, 0.25) is 11.8 Å². The lowest BCUT2D eigenvalue weighted by molar-refractivity contribution is -0.127. The zero-order chi connectivity index (χ0) is 14.7. The first-order valence-corrected chi connectivity index (χ1v) is 7.16. The van der Waals surface area contributed by atoms with E-state index in [1.165, 1.54) is 16.7 Å². The molecule has 1 aliphatic heterocycles. The molecule has 2 amide bonds. The average Bonchev–Trinajstić information content (AvgIpc) is 2.69. The summed E-state index contributed by atoms with van der Waals surface area (Å²) in [5.41, 5.74) is 1.88. The Morgan fingerprint density at radius 3 is 2.60 bits per heavy atom. The highest BCUT2D eigenvalue weighted by atomic mass is 32.2. The Balaban J connectivity index is 1.95. The zero-order valence-corrected chi connectivity index (χ0v) is 12.5. The Labute approximate surface area is 122 Å². The number of thioether (sulfide) groups is 1. The maximum absolute atomic E-state index is 12.0. The molecule has 1 saturated heterocycles. The van der Waals surface area contributed by atoms with Crippen LogP contribution in [0.25, 0.3) is 0 Å². The van der Waals surface area contributed by atoms with E-state index in [2.05, 4.69) is 10.3 Å². The summed E-state index contributed by atoms with van der Waals surface area (Å²) in [6.07, 6.45) is 0.154. The van der Waals surface area contributed by atoms with Gasteiger partial charge in [-0.15, -0.1) is 0 Å². The molecule has 1 fully saturated rings. The fourth-order valence-electron chi connectivity index (χ4n) is 1.92. The third-order valence-corrected chi connectivity index (χ3v) is 4.36. The van der Waals surface area contributed by atoms with Crippen LogP contribution in [-0.2, 0) is 9.59 Å². The molecule has 1 unspecified atom stereocenters. The molecule has 0 bridgehead atoms. The van der Waals surface area contributed by atoms with E-state index in [0.717, 1.165) is 11.3 Å². The van der Waals surface area contributed by atoms with Gasteiger partial charge >= 0.3 is 0 Å². The molecule has 1 aromatic carbocycles. The number of benzene rings is 1. The first-order chi connectivity index (χ1) is 9.51. The summed E-state index contributed by atoms with van der Waals surface area (Å²) in [4.78, 5) is 29.4. The van der Waals surface area contributed by atoms with Crippen LogP contribution in [0.5, 0.6) is 0 Å². The van der Waals surface area contributed by atoms with Gasteiger partial charge in [0.05, 0.1) is 0 Å². The lowest BCUT2D eigenvalue weighted by Crippen LogP contribution is -2.30. The van der Waals surface area contributed by atoms with Crippen LogP contribution in [0, 0.1) is 6.92 Å². The Morgan fingerprint density at radius 1 is 1.40 bits per heavy atom. The highest BCUT2D eigenvalue weighted by Crippen LogP contribution is 2.28. The fourth-order valence-corrected chi connectivity index (χ4v) is 3.02. The third kappa shape index (κ3) is 3.19. The number of rotatable bonds is 3. The monoisotopic (exact) mass is 291 g/mol. The van der Waals surface area contributed by atoms with Gasteiger partial charge in [0.1, 0.15) is 5.25 Å². The maximum atomic E-state index is 12.0. The van der Waals surface area contributed by atoms with Crippen LogP contribution in [0.1, 0.15) is 12.0 Å². The summed E-state index contributed by atoms with van der Waals surface area (Å²) in [7, 11) is 3.32. The molecule has 106 valence electrons. The Morgan fingerprint density at radius 2 is 2.05 bits per heavy atom. The maximum Gasteiger partial charge on any atom is 0.242 e. The number of amidine groups is 1. The molecule has 1 aromatic rings. The van der Waals surface area contributed by atoms with Crippen molar-refractivity contribution in [3.8, 4) is 0 Å². The van der Waals surface area contributed by atoms with E-state index in [-0.39, 0.29) is 23.5 Å². The summed E-state index contributed by atoms with van der Waals surface area (Å²) >= 11 is 1.33. The molecule has 0 aromatic heterocycles. The van der Waals surface area contributed by atoms with Crippen molar-refractivity contribution >= 4 is 34.4 Å². The third-order valence-electron chi connectivity index (χ3n) is 3.04. The number of hydrogen-bond acceptors (Lipinski definition) is 4. The highest BCUT2D eigenvalue weighted by molar-refractivity contribution is 8.15. The number of anilines is 1. The SMILES string of the molecule is CN=C1SC(CC(=O)Nc2ccc(C)cc2)C(=O)N1C. The largest absolute Gasteiger partial charge is 0.326 e. The van der Waals surface area contributed by atoms with Gasteiger partial charge in [-0.3, -0.25) is 19.5 Å². The van der Waals surface area contributed by atoms with Crippen LogP contribution in [0.2, 0.25) is 0 Å². The topological polar surface area (TPSA) is 61.8 Å². The molecule has 1 atom stereocenters. The second-order valence-electron chi connectivity index (χ2n) is 4.63. The molecule has 6 heteroatoms. The molecule has 0 aliphatic carbocycles. The number of carbonyl (C=O) groups is 2. The Hall–Kier alpha value is -1.82. The second-order valence-corrected chi connectivity index (χ2v) is 5.80. The Bertz CT molecular complexity index is 554. The molecule has 1 aliphatic rings. The summed E-state index contributed by atoms with van der Waals surface area (Å²) in [6.45, 7) is 1.99. The molecule has 1 heterocycles. The van der Waals surface area contributed by atoms with Crippen molar-refractivity contribution in [2.75, 3.05) is 19.4 Å². The summed E-state index contributed by atoms with van der Waals surface area (Å²) in [5.74, 6) is -0.236. The van der Waals surface area contributed by atoms with Gasteiger partial charge < -0.3 is 5.32 Å². The smallest absolute Gasteiger partial charge is 0.242 e. The van der Waals surface area contributed by atoms with Gasteiger partial charge in [-0.05, 0) is 19.1 Å². The predicted octanol–water partition coefficient (Wildman–Crippen LogP) is 1.88. The van der Waals surface area contributed by atoms with Crippen molar-refractivity contribution in [1.82, 2.24) is 4.90 Å². The minimum Gasteiger partial charge on any atom is -0.326 e. The predicted molar refractivity (Wildman–Crippen MR) is 81.9 cm³/mol. The van der Waals surface area contributed by atoms with E-state index >= 15 is 0 Å². The first-order valence-electron chi connectivity index (χ1n) is 6.29. The molecule has 5 nitrogen and oxygen atoms in total. The highest BCUT2D eigenvalue weighted by Gasteiger charge is 2.36. The zero-order valence-electron chi connectivity index (χ0n) is 11.7. The molecule has 0 radical (unpaired) electrons. The molecular weight excluding hydrogens is 274 g/mol. The van der Waals surface area contributed by atoms with Crippen molar-refractivity contribution in [2.45, 2.75) is 18.6 Å². The van der Waals surface area contributed by atoms with E-state index in [1.807, 2.05) is 31.2 Å². The van der Waals surface area contributed by atoms with Crippen molar-refractivity contribution in [3.63, 3.8) is 0 Å². The van der Waals surface area contributed by atoms with Gasteiger partial charge in [-0.1, -0.05) is 29.5 Å². The second kappa shape index (κ2) is 6.09. The summed E-state index contributed by atoms with van der Waals surface area (Å²) in [5, 5.41) is 3.07.